The average Bonchev–Trinajstić information content (AvgIpc) is 2.80. The zero-order valence-corrected chi connectivity index (χ0v) is 10.6. The SMILES string of the molecule is C#COCl.COC(=O)Nc1nc2ccc(O)cc2[nH]1. The molecule has 1 heterocycles. The number of rotatable bonds is 1. The number of methoxy groups -OCH3 is 1. The van der Waals surface area contributed by atoms with Crippen molar-refractivity contribution in [2.75, 3.05) is 12.4 Å². The number of benzene rings is 1. The number of fused-ring (bicyclic) bond motifs is 1. The van der Waals surface area contributed by atoms with E-state index >= 15 is 0 Å². The van der Waals surface area contributed by atoms with Crippen molar-refractivity contribution >= 4 is 34.9 Å². The van der Waals surface area contributed by atoms with E-state index in [4.69, 9.17) is 0 Å². The van der Waals surface area contributed by atoms with Crippen molar-refractivity contribution in [1.29, 1.82) is 0 Å². The Morgan fingerprint density at radius 1 is 1.63 bits per heavy atom. The fraction of sp³-hybridized carbons (Fsp3) is 0.0909. The van der Waals surface area contributed by atoms with Crippen molar-refractivity contribution in [3.8, 4) is 18.3 Å². The van der Waals surface area contributed by atoms with Crippen LogP contribution < -0.4 is 5.32 Å². The van der Waals surface area contributed by atoms with Gasteiger partial charge in [-0.2, -0.15) is 0 Å². The fourth-order valence-corrected chi connectivity index (χ4v) is 1.20. The molecule has 1 amide bonds. The zero-order valence-electron chi connectivity index (χ0n) is 9.81. The maximum atomic E-state index is 10.9. The number of aromatic nitrogens is 2. The molecule has 0 spiro atoms. The van der Waals surface area contributed by atoms with Gasteiger partial charge in [0.05, 0.1) is 18.1 Å². The minimum atomic E-state index is -0.599. The molecule has 0 radical (unpaired) electrons. The predicted molar refractivity (Wildman–Crippen MR) is 69.6 cm³/mol. The standard InChI is InChI=1S/C9H9N3O3.C2HClO/c1-15-9(14)12-8-10-6-3-2-5(13)4-7(6)11-8;1-2-4-3/h2-4,13H,1H3,(H2,10,11,12,14);1H. The molecule has 0 saturated heterocycles. The van der Waals surface area contributed by atoms with Crippen molar-refractivity contribution in [2.45, 2.75) is 0 Å². The summed E-state index contributed by atoms with van der Waals surface area (Å²) in [6.45, 7) is 0. The molecule has 3 N–H and O–H groups in total. The van der Waals surface area contributed by atoms with E-state index in [1.54, 1.807) is 12.2 Å². The summed E-state index contributed by atoms with van der Waals surface area (Å²) in [7, 11) is 1.27. The van der Waals surface area contributed by atoms with Gasteiger partial charge in [0.2, 0.25) is 5.95 Å². The first kappa shape index (κ1) is 14.5. The molecule has 1 aromatic carbocycles. The van der Waals surface area contributed by atoms with E-state index in [0.29, 0.717) is 11.0 Å². The second-order valence-corrected chi connectivity index (χ2v) is 3.25. The summed E-state index contributed by atoms with van der Waals surface area (Å²) in [5.41, 5.74) is 1.29. The van der Waals surface area contributed by atoms with Crippen molar-refractivity contribution < 1.29 is 18.9 Å². The number of carbonyl (C=O) groups excluding carboxylic acids is 1. The van der Waals surface area contributed by atoms with Crippen LogP contribution in [-0.2, 0) is 9.03 Å². The van der Waals surface area contributed by atoms with Crippen molar-refractivity contribution in [3.05, 3.63) is 18.2 Å². The summed E-state index contributed by atoms with van der Waals surface area (Å²) in [5, 5.41) is 11.6. The number of nitrogens with one attached hydrogen (secondary N) is 2. The van der Waals surface area contributed by atoms with Gasteiger partial charge in [-0.05, 0) is 12.1 Å². The van der Waals surface area contributed by atoms with Gasteiger partial charge < -0.3 is 19.1 Å². The van der Waals surface area contributed by atoms with E-state index in [2.05, 4.69) is 42.6 Å². The van der Waals surface area contributed by atoms with Gasteiger partial charge in [0.1, 0.15) is 23.7 Å². The van der Waals surface area contributed by atoms with Gasteiger partial charge in [-0.25, -0.2) is 9.78 Å². The third-order valence-corrected chi connectivity index (χ3v) is 2.00. The lowest BCUT2D eigenvalue weighted by Crippen LogP contribution is -2.11. The van der Waals surface area contributed by atoms with Crippen LogP contribution in [0, 0.1) is 12.5 Å². The topological polar surface area (TPSA) is 96.5 Å². The molecule has 0 aliphatic heterocycles. The Morgan fingerprint density at radius 2 is 2.32 bits per heavy atom. The molecule has 1 aromatic heterocycles. The maximum absolute atomic E-state index is 10.9. The summed E-state index contributed by atoms with van der Waals surface area (Å²) in [6, 6.07) is 4.68. The number of H-pyrrole nitrogens is 1. The van der Waals surface area contributed by atoms with Gasteiger partial charge in [-0.3, -0.25) is 5.32 Å². The Balaban J connectivity index is 0.000000399. The Labute approximate surface area is 113 Å². The van der Waals surface area contributed by atoms with Crippen LogP contribution in [0.3, 0.4) is 0 Å². The second kappa shape index (κ2) is 6.98. The molecule has 0 unspecified atom stereocenters. The minimum absolute atomic E-state index is 0.135. The average molecular weight is 284 g/mol. The molecule has 19 heavy (non-hydrogen) atoms. The Hall–Kier alpha value is -2.59. The molecule has 0 aliphatic rings. The van der Waals surface area contributed by atoms with Crippen LogP contribution in [0.15, 0.2) is 18.2 Å². The van der Waals surface area contributed by atoms with Gasteiger partial charge in [0.15, 0.2) is 0 Å². The number of terminal acetylenes is 1. The smallest absolute Gasteiger partial charge is 0.413 e. The summed E-state index contributed by atoms with van der Waals surface area (Å²) < 4.78 is 7.96. The fourth-order valence-electron chi connectivity index (χ4n) is 1.20. The number of phenolic OH excluding ortho intramolecular Hbond substituents is 1. The van der Waals surface area contributed by atoms with Gasteiger partial charge in [0, 0.05) is 6.07 Å². The quantitative estimate of drug-likeness (QED) is 0.697. The van der Waals surface area contributed by atoms with Crippen molar-refractivity contribution in [1.82, 2.24) is 9.97 Å². The van der Waals surface area contributed by atoms with E-state index < -0.39 is 6.09 Å². The number of ether oxygens (including phenoxy) is 1. The van der Waals surface area contributed by atoms with Crippen molar-refractivity contribution in [2.24, 2.45) is 0 Å². The minimum Gasteiger partial charge on any atom is -0.508 e. The number of hydrogen-bond donors (Lipinski definition) is 3. The number of halogens is 1. The number of carbonyl (C=O) groups is 1. The van der Waals surface area contributed by atoms with Crippen LogP contribution in [0.4, 0.5) is 10.7 Å². The number of nitrogens with zero attached hydrogens (tertiary/aromatic N) is 1. The first-order valence-corrected chi connectivity index (χ1v) is 5.18. The summed E-state index contributed by atoms with van der Waals surface area (Å²) >= 11 is 4.45. The Bertz CT molecular complexity index is 605. The highest BCUT2D eigenvalue weighted by atomic mass is 35.5. The van der Waals surface area contributed by atoms with E-state index in [-0.39, 0.29) is 11.7 Å². The maximum Gasteiger partial charge on any atom is 0.413 e. The molecular formula is C11H10ClN3O4. The van der Waals surface area contributed by atoms with Crippen LogP contribution in [0.25, 0.3) is 11.0 Å². The lowest BCUT2D eigenvalue weighted by Gasteiger charge is -1.96. The Kier molecular flexibility index (Phi) is 5.32. The highest BCUT2D eigenvalue weighted by Gasteiger charge is 2.06. The van der Waals surface area contributed by atoms with Crippen LogP contribution >= 0.6 is 11.9 Å². The summed E-state index contributed by atoms with van der Waals surface area (Å²) in [4.78, 5) is 17.8. The number of anilines is 1. The lowest BCUT2D eigenvalue weighted by atomic mass is 10.3. The highest BCUT2D eigenvalue weighted by Crippen LogP contribution is 2.19. The van der Waals surface area contributed by atoms with E-state index in [1.807, 2.05) is 0 Å². The molecule has 100 valence electrons. The first-order valence-electron chi connectivity index (χ1n) is 4.87. The predicted octanol–water partition coefficient (Wildman–Crippen LogP) is 2.19. The van der Waals surface area contributed by atoms with Gasteiger partial charge in [-0.15, -0.1) is 0 Å². The van der Waals surface area contributed by atoms with E-state index in [1.165, 1.54) is 19.2 Å². The number of hydrogen-bond acceptors (Lipinski definition) is 5. The lowest BCUT2D eigenvalue weighted by molar-refractivity contribution is 0.186. The molecule has 2 rings (SSSR count). The third kappa shape index (κ3) is 4.29. The molecule has 0 saturated carbocycles. The number of phenols is 1. The molecule has 0 fully saturated rings. The van der Waals surface area contributed by atoms with Crippen LogP contribution in [0.2, 0.25) is 0 Å². The first-order chi connectivity index (χ1) is 9.10. The zero-order chi connectivity index (χ0) is 14.3. The highest BCUT2D eigenvalue weighted by molar-refractivity contribution is 6.08. The number of imidazole rings is 1. The molecule has 7 nitrogen and oxygen atoms in total. The molecule has 0 aliphatic carbocycles. The van der Waals surface area contributed by atoms with Crippen LogP contribution in [-0.4, -0.2) is 28.3 Å². The summed E-state index contributed by atoms with van der Waals surface area (Å²) in [5.74, 6) is 0.415. The number of aromatic amines is 1. The Morgan fingerprint density at radius 3 is 2.89 bits per heavy atom. The normalized spacial score (nSPS) is 8.89. The molecule has 0 atom stereocenters. The van der Waals surface area contributed by atoms with Gasteiger partial charge in [0.25, 0.3) is 0 Å². The van der Waals surface area contributed by atoms with Crippen molar-refractivity contribution in [3.63, 3.8) is 0 Å². The number of aromatic hydroxyl groups is 1. The van der Waals surface area contributed by atoms with E-state index in [0.717, 1.165) is 0 Å². The third-order valence-electron chi connectivity index (χ3n) is 1.92. The van der Waals surface area contributed by atoms with Gasteiger partial charge in [-0.1, -0.05) is 6.42 Å². The summed E-state index contributed by atoms with van der Waals surface area (Å²) in [6.07, 6.45) is 5.52. The van der Waals surface area contributed by atoms with Crippen LogP contribution in [0.5, 0.6) is 5.75 Å². The van der Waals surface area contributed by atoms with E-state index in [9.17, 15) is 9.90 Å². The van der Waals surface area contributed by atoms with Gasteiger partial charge >= 0.3 is 6.09 Å². The second-order valence-electron chi connectivity index (χ2n) is 3.10. The molecule has 8 heteroatoms. The monoisotopic (exact) mass is 283 g/mol. The molecule has 2 aromatic rings. The molecular weight excluding hydrogens is 274 g/mol. The largest absolute Gasteiger partial charge is 0.508 e. The number of amides is 1. The molecule has 0 bridgehead atoms. The van der Waals surface area contributed by atoms with Crippen LogP contribution in [0.1, 0.15) is 0 Å².